The van der Waals surface area contributed by atoms with Gasteiger partial charge in [-0.3, -0.25) is 4.79 Å². The molecule has 0 aliphatic heterocycles. The second-order valence-electron chi connectivity index (χ2n) is 6.11. The standard InChI is InChI=1S/C18H22O5/c1-18(2,3)17(19)23-14-12-10-8-7-9-11(12)13(20-4)15(21-5)16(14)22-6/h7-10H,1-6H3. The largest absolute Gasteiger partial charge is 0.492 e. The molecule has 0 saturated carbocycles. The van der Waals surface area contributed by atoms with Crippen LogP contribution in [0, 0.1) is 5.41 Å². The third-order valence-corrected chi connectivity index (χ3v) is 3.45. The maximum Gasteiger partial charge on any atom is 0.316 e. The summed E-state index contributed by atoms with van der Waals surface area (Å²) < 4.78 is 22.0. The molecule has 5 heteroatoms. The molecule has 124 valence electrons. The molecular weight excluding hydrogens is 296 g/mol. The SMILES string of the molecule is COc1c(OC)c(OC(=O)C(C)(C)C)c2ccccc2c1OC. The maximum atomic E-state index is 12.4. The number of hydrogen-bond acceptors (Lipinski definition) is 5. The van der Waals surface area contributed by atoms with Crippen molar-refractivity contribution in [1.29, 1.82) is 0 Å². The summed E-state index contributed by atoms with van der Waals surface area (Å²) in [5.41, 5.74) is -0.640. The zero-order valence-corrected chi connectivity index (χ0v) is 14.4. The molecule has 0 heterocycles. The van der Waals surface area contributed by atoms with E-state index in [-0.39, 0.29) is 5.97 Å². The monoisotopic (exact) mass is 318 g/mol. The van der Waals surface area contributed by atoms with Gasteiger partial charge in [0.25, 0.3) is 0 Å². The number of carbonyl (C=O) groups is 1. The fraction of sp³-hybridized carbons (Fsp3) is 0.389. The van der Waals surface area contributed by atoms with Gasteiger partial charge in [0.15, 0.2) is 11.5 Å². The first-order valence-corrected chi connectivity index (χ1v) is 7.28. The molecule has 0 radical (unpaired) electrons. The van der Waals surface area contributed by atoms with Crippen LogP contribution in [0.3, 0.4) is 0 Å². The van der Waals surface area contributed by atoms with Crippen molar-refractivity contribution in [1.82, 2.24) is 0 Å². The summed E-state index contributed by atoms with van der Waals surface area (Å²) >= 11 is 0. The molecule has 5 nitrogen and oxygen atoms in total. The van der Waals surface area contributed by atoms with E-state index in [0.717, 1.165) is 10.8 Å². The molecule has 23 heavy (non-hydrogen) atoms. The fourth-order valence-corrected chi connectivity index (χ4v) is 2.25. The van der Waals surface area contributed by atoms with Crippen LogP contribution >= 0.6 is 0 Å². The van der Waals surface area contributed by atoms with Gasteiger partial charge in [-0.1, -0.05) is 24.3 Å². The quantitative estimate of drug-likeness (QED) is 0.633. The summed E-state index contributed by atoms with van der Waals surface area (Å²) in [5, 5.41) is 1.50. The van der Waals surface area contributed by atoms with E-state index in [1.165, 1.54) is 14.2 Å². The van der Waals surface area contributed by atoms with E-state index >= 15 is 0 Å². The summed E-state index contributed by atoms with van der Waals surface area (Å²) in [6.07, 6.45) is 0. The van der Waals surface area contributed by atoms with Crippen LogP contribution in [0.25, 0.3) is 10.8 Å². The molecule has 0 amide bonds. The Labute approximate surface area is 136 Å². The molecule has 0 spiro atoms. The molecule has 0 atom stereocenters. The van der Waals surface area contributed by atoms with Crippen LogP contribution in [0.2, 0.25) is 0 Å². The van der Waals surface area contributed by atoms with Gasteiger partial charge in [0.05, 0.1) is 26.7 Å². The van der Waals surface area contributed by atoms with E-state index in [1.807, 2.05) is 24.3 Å². The van der Waals surface area contributed by atoms with E-state index in [0.29, 0.717) is 23.0 Å². The molecule has 0 aromatic heterocycles. The van der Waals surface area contributed by atoms with E-state index in [9.17, 15) is 4.79 Å². The average molecular weight is 318 g/mol. The Bertz CT molecular complexity index is 728. The van der Waals surface area contributed by atoms with Gasteiger partial charge in [-0.15, -0.1) is 0 Å². The lowest BCUT2D eigenvalue weighted by Gasteiger charge is -2.21. The molecule has 0 unspecified atom stereocenters. The molecular formula is C18H22O5. The Morgan fingerprint density at radius 1 is 0.783 bits per heavy atom. The maximum absolute atomic E-state index is 12.4. The minimum Gasteiger partial charge on any atom is -0.492 e. The van der Waals surface area contributed by atoms with E-state index < -0.39 is 5.41 Å². The lowest BCUT2D eigenvalue weighted by molar-refractivity contribution is -0.143. The van der Waals surface area contributed by atoms with Crippen LogP contribution in [0.5, 0.6) is 23.0 Å². The van der Waals surface area contributed by atoms with Crippen molar-refractivity contribution in [3.05, 3.63) is 24.3 Å². The van der Waals surface area contributed by atoms with Crippen molar-refractivity contribution in [2.24, 2.45) is 5.41 Å². The molecule has 2 aromatic rings. The van der Waals surface area contributed by atoms with Crippen molar-refractivity contribution in [2.75, 3.05) is 21.3 Å². The predicted octanol–water partition coefficient (Wildman–Crippen LogP) is 3.82. The fourth-order valence-electron chi connectivity index (χ4n) is 2.25. The van der Waals surface area contributed by atoms with Crippen molar-refractivity contribution >= 4 is 16.7 Å². The summed E-state index contributed by atoms with van der Waals surface area (Å²) in [6.45, 7) is 5.39. The molecule has 0 fully saturated rings. The minimum atomic E-state index is -0.640. The number of benzene rings is 2. The highest BCUT2D eigenvalue weighted by atomic mass is 16.6. The normalized spacial score (nSPS) is 11.2. The Hall–Kier alpha value is -2.43. The number of carbonyl (C=O) groups excluding carboxylic acids is 1. The van der Waals surface area contributed by atoms with Gasteiger partial charge in [-0.05, 0) is 20.8 Å². The Morgan fingerprint density at radius 2 is 1.22 bits per heavy atom. The van der Waals surface area contributed by atoms with Crippen LogP contribution in [0.4, 0.5) is 0 Å². The third-order valence-electron chi connectivity index (χ3n) is 3.45. The van der Waals surface area contributed by atoms with Gasteiger partial charge in [0, 0.05) is 10.8 Å². The van der Waals surface area contributed by atoms with Gasteiger partial charge < -0.3 is 18.9 Å². The Kier molecular flexibility index (Phi) is 4.68. The minimum absolute atomic E-state index is 0.334. The van der Waals surface area contributed by atoms with Crippen molar-refractivity contribution in [3.8, 4) is 23.0 Å². The van der Waals surface area contributed by atoms with Crippen molar-refractivity contribution < 1.29 is 23.7 Å². The summed E-state index contributed by atoms with van der Waals surface area (Å²) in [6, 6.07) is 7.48. The van der Waals surface area contributed by atoms with Crippen LogP contribution < -0.4 is 18.9 Å². The first-order valence-electron chi connectivity index (χ1n) is 7.28. The predicted molar refractivity (Wildman–Crippen MR) is 88.7 cm³/mol. The Balaban J connectivity index is 2.78. The lowest BCUT2D eigenvalue weighted by atomic mass is 9.97. The number of fused-ring (bicyclic) bond motifs is 1. The first-order chi connectivity index (χ1) is 10.8. The van der Waals surface area contributed by atoms with Gasteiger partial charge >= 0.3 is 5.97 Å². The topological polar surface area (TPSA) is 54.0 Å². The van der Waals surface area contributed by atoms with E-state index in [1.54, 1.807) is 27.9 Å². The van der Waals surface area contributed by atoms with Crippen LogP contribution in [-0.4, -0.2) is 27.3 Å². The number of methoxy groups -OCH3 is 3. The molecule has 0 aliphatic carbocycles. The molecule has 0 saturated heterocycles. The van der Waals surface area contributed by atoms with Crippen LogP contribution in [-0.2, 0) is 4.79 Å². The number of ether oxygens (including phenoxy) is 4. The van der Waals surface area contributed by atoms with E-state index in [4.69, 9.17) is 18.9 Å². The molecule has 2 rings (SSSR count). The second-order valence-corrected chi connectivity index (χ2v) is 6.11. The lowest BCUT2D eigenvalue weighted by Crippen LogP contribution is -2.26. The van der Waals surface area contributed by atoms with Crippen LogP contribution in [0.15, 0.2) is 24.3 Å². The molecule has 0 aliphatic rings. The highest BCUT2D eigenvalue weighted by Gasteiger charge is 2.29. The van der Waals surface area contributed by atoms with Gasteiger partial charge in [-0.25, -0.2) is 0 Å². The van der Waals surface area contributed by atoms with Gasteiger partial charge in [-0.2, -0.15) is 0 Å². The van der Waals surface area contributed by atoms with Crippen molar-refractivity contribution in [2.45, 2.75) is 20.8 Å². The van der Waals surface area contributed by atoms with Gasteiger partial charge in [0.2, 0.25) is 11.5 Å². The van der Waals surface area contributed by atoms with Crippen LogP contribution in [0.1, 0.15) is 20.8 Å². The zero-order chi connectivity index (χ0) is 17.2. The van der Waals surface area contributed by atoms with Crippen molar-refractivity contribution in [3.63, 3.8) is 0 Å². The third kappa shape index (κ3) is 3.04. The smallest absolute Gasteiger partial charge is 0.316 e. The number of hydrogen-bond donors (Lipinski definition) is 0. The number of rotatable bonds is 4. The molecule has 0 N–H and O–H groups in total. The average Bonchev–Trinajstić information content (AvgIpc) is 2.53. The summed E-state index contributed by atoms with van der Waals surface area (Å²) in [5.74, 6) is 1.25. The Morgan fingerprint density at radius 3 is 1.65 bits per heavy atom. The zero-order valence-electron chi connectivity index (χ0n) is 14.4. The number of esters is 1. The second kappa shape index (κ2) is 6.36. The summed E-state index contributed by atoms with van der Waals surface area (Å²) in [7, 11) is 4.58. The first kappa shape index (κ1) is 16.9. The summed E-state index contributed by atoms with van der Waals surface area (Å²) in [4.78, 5) is 12.4. The highest BCUT2D eigenvalue weighted by molar-refractivity contribution is 6.00. The molecule has 0 bridgehead atoms. The highest BCUT2D eigenvalue weighted by Crippen LogP contribution is 2.51. The van der Waals surface area contributed by atoms with Gasteiger partial charge in [0.1, 0.15) is 0 Å². The van der Waals surface area contributed by atoms with E-state index in [2.05, 4.69) is 0 Å². The molecule has 2 aromatic carbocycles.